The Morgan fingerprint density at radius 1 is 0.773 bits per heavy atom. The lowest BCUT2D eigenvalue weighted by Crippen LogP contribution is -2.46. The second kappa shape index (κ2) is 12.4. The summed E-state index contributed by atoms with van der Waals surface area (Å²) in [5.41, 5.74) is 2.67. The van der Waals surface area contributed by atoms with Gasteiger partial charge in [0, 0.05) is 0 Å². The van der Waals surface area contributed by atoms with Crippen LogP contribution >= 0.6 is 0 Å². The highest BCUT2D eigenvalue weighted by molar-refractivity contribution is 6.84. The zero-order valence-corrected chi connectivity index (χ0v) is 16.7. The first kappa shape index (κ1) is 20.0. The Morgan fingerprint density at radius 3 is 1.64 bits per heavy atom. The van der Waals surface area contributed by atoms with Gasteiger partial charge in [-0.3, -0.25) is 0 Å². The Labute approximate surface area is 141 Å². The van der Waals surface area contributed by atoms with Gasteiger partial charge in [0.25, 0.3) is 0 Å². The molecule has 1 saturated heterocycles. The Bertz CT molecular complexity index is 269. The minimum Gasteiger partial charge on any atom is -0.306 e. The summed E-state index contributed by atoms with van der Waals surface area (Å²) in [7, 11) is -1.22. The van der Waals surface area contributed by atoms with Crippen LogP contribution in [0.3, 0.4) is 0 Å². The lowest BCUT2D eigenvalue weighted by atomic mass is 10.1. The number of hydrogen-bond acceptors (Lipinski definition) is 1. The molecule has 0 N–H and O–H groups in total. The molecule has 0 amide bonds. The minimum absolute atomic E-state index is 1.22. The lowest BCUT2D eigenvalue weighted by Gasteiger charge is -2.35. The van der Waals surface area contributed by atoms with Crippen molar-refractivity contribution in [2.75, 3.05) is 19.3 Å². The SMILES string of the molecule is CC=C[Si](CCC)(CCC)CN1CCCCCCCCCC1. The number of rotatable bonds is 7. The van der Waals surface area contributed by atoms with Crippen LogP contribution in [0.4, 0.5) is 0 Å². The molecule has 0 saturated carbocycles. The van der Waals surface area contributed by atoms with Gasteiger partial charge in [-0.05, 0) is 39.0 Å². The molecule has 0 aromatic rings. The van der Waals surface area contributed by atoms with E-state index in [4.69, 9.17) is 0 Å². The molecule has 1 heterocycles. The highest BCUT2D eigenvalue weighted by atomic mass is 28.3. The predicted octanol–water partition coefficient (Wildman–Crippen LogP) is 6.35. The van der Waals surface area contributed by atoms with Crippen molar-refractivity contribution in [1.29, 1.82) is 0 Å². The highest BCUT2D eigenvalue weighted by Gasteiger charge is 2.30. The molecule has 1 rings (SSSR count). The number of nitrogens with zero attached hydrogens (tertiary/aromatic N) is 1. The van der Waals surface area contributed by atoms with Crippen LogP contribution in [0.1, 0.15) is 85.0 Å². The highest BCUT2D eigenvalue weighted by Crippen LogP contribution is 2.24. The quantitative estimate of drug-likeness (QED) is 0.494. The van der Waals surface area contributed by atoms with E-state index >= 15 is 0 Å². The Hall–Kier alpha value is -0.0831. The molecule has 0 spiro atoms. The lowest BCUT2D eigenvalue weighted by molar-refractivity contribution is 0.298. The van der Waals surface area contributed by atoms with Gasteiger partial charge in [0.1, 0.15) is 0 Å². The molecule has 0 bridgehead atoms. The van der Waals surface area contributed by atoms with E-state index in [1.807, 2.05) is 0 Å². The van der Waals surface area contributed by atoms with Gasteiger partial charge < -0.3 is 4.90 Å². The topological polar surface area (TPSA) is 3.24 Å². The third-order valence-electron chi connectivity index (χ3n) is 5.25. The first-order chi connectivity index (χ1) is 10.8. The van der Waals surface area contributed by atoms with Crippen molar-refractivity contribution in [2.45, 2.75) is 97.1 Å². The van der Waals surface area contributed by atoms with Crippen LogP contribution in [0.5, 0.6) is 0 Å². The fraction of sp³-hybridized carbons (Fsp3) is 0.900. The van der Waals surface area contributed by atoms with Crippen LogP contribution in [0.2, 0.25) is 12.1 Å². The van der Waals surface area contributed by atoms with E-state index in [1.165, 1.54) is 95.6 Å². The molecule has 22 heavy (non-hydrogen) atoms. The molecule has 1 fully saturated rings. The second-order valence-electron chi connectivity index (χ2n) is 7.47. The largest absolute Gasteiger partial charge is 0.306 e. The van der Waals surface area contributed by atoms with E-state index in [9.17, 15) is 0 Å². The molecule has 1 aliphatic rings. The van der Waals surface area contributed by atoms with E-state index in [0.29, 0.717) is 0 Å². The van der Waals surface area contributed by atoms with Gasteiger partial charge >= 0.3 is 0 Å². The van der Waals surface area contributed by atoms with Gasteiger partial charge in [-0.15, -0.1) is 0 Å². The van der Waals surface area contributed by atoms with Crippen molar-refractivity contribution in [3.63, 3.8) is 0 Å². The van der Waals surface area contributed by atoms with Crippen molar-refractivity contribution < 1.29 is 0 Å². The molecule has 0 atom stereocenters. The maximum absolute atomic E-state index is 2.86. The summed E-state index contributed by atoms with van der Waals surface area (Å²) >= 11 is 0. The first-order valence-electron chi connectivity index (χ1n) is 10.1. The molecular formula is C20H41NSi. The monoisotopic (exact) mass is 323 g/mol. The molecule has 0 aromatic carbocycles. The second-order valence-corrected chi connectivity index (χ2v) is 11.8. The Kier molecular flexibility index (Phi) is 11.2. The van der Waals surface area contributed by atoms with Crippen LogP contribution in [-0.4, -0.2) is 32.2 Å². The molecule has 130 valence electrons. The van der Waals surface area contributed by atoms with E-state index in [2.05, 4.69) is 37.4 Å². The molecular weight excluding hydrogens is 282 g/mol. The molecule has 0 aromatic heterocycles. The minimum atomic E-state index is -1.22. The Morgan fingerprint density at radius 2 is 1.23 bits per heavy atom. The van der Waals surface area contributed by atoms with Gasteiger partial charge in [0.2, 0.25) is 0 Å². The van der Waals surface area contributed by atoms with Gasteiger partial charge in [-0.25, -0.2) is 0 Å². The Balaban J connectivity index is 2.68. The molecule has 0 unspecified atom stereocenters. The first-order valence-corrected chi connectivity index (χ1v) is 12.8. The van der Waals surface area contributed by atoms with Crippen molar-refractivity contribution in [1.82, 2.24) is 4.90 Å². The number of allylic oxidation sites excluding steroid dienone is 1. The van der Waals surface area contributed by atoms with Gasteiger partial charge in [0.05, 0.1) is 8.07 Å². The summed E-state index contributed by atoms with van der Waals surface area (Å²) in [4.78, 5) is 2.86. The maximum atomic E-state index is 2.86. The molecule has 1 nitrogen and oxygen atoms in total. The molecule has 0 radical (unpaired) electrons. The molecule has 1 aliphatic heterocycles. The van der Waals surface area contributed by atoms with Gasteiger partial charge in [-0.2, -0.15) is 0 Å². The standard InChI is InChI=1S/C20H41NSi/c1-4-17-22(18-5-2,19-6-3)20-21-15-13-11-9-7-8-10-12-14-16-21/h4,17H,5-16,18-20H2,1-3H3. The summed E-state index contributed by atoms with van der Waals surface area (Å²) in [6.45, 7) is 9.72. The summed E-state index contributed by atoms with van der Waals surface area (Å²) in [6.07, 6.45) is 18.2. The van der Waals surface area contributed by atoms with Gasteiger partial charge in [0.15, 0.2) is 0 Å². The summed E-state index contributed by atoms with van der Waals surface area (Å²) in [5, 5.41) is 0. The van der Waals surface area contributed by atoms with Crippen LogP contribution in [0.15, 0.2) is 11.8 Å². The average Bonchev–Trinajstić information content (AvgIpc) is 2.54. The van der Waals surface area contributed by atoms with Crippen molar-refractivity contribution >= 4 is 8.07 Å². The van der Waals surface area contributed by atoms with Crippen LogP contribution in [0, 0.1) is 0 Å². The summed E-state index contributed by atoms with van der Waals surface area (Å²) in [6, 6.07) is 2.98. The molecule has 2 heteroatoms. The average molecular weight is 324 g/mol. The van der Waals surface area contributed by atoms with Gasteiger partial charge in [-0.1, -0.05) is 89.1 Å². The third-order valence-corrected chi connectivity index (χ3v) is 10.4. The van der Waals surface area contributed by atoms with E-state index in [-0.39, 0.29) is 0 Å². The van der Waals surface area contributed by atoms with E-state index in [1.54, 1.807) is 0 Å². The maximum Gasteiger partial charge on any atom is 0.0917 e. The van der Waals surface area contributed by atoms with E-state index in [0.717, 1.165) is 0 Å². The van der Waals surface area contributed by atoms with Crippen LogP contribution in [0.25, 0.3) is 0 Å². The molecule has 0 aliphatic carbocycles. The zero-order chi connectivity index (χ0) is 16.1. The summed E-state index contributed by atoms with van der Waals surface area (Å²) < 4.78 is 0. The normalized spacial score (nSPS) is 20.1. The fourth-order valence-corrected chi connectivity index (χ4v) is 9.21. The van der Waals surface area contributed by atoms with Crippen molar-refractivity contribution in [3.05, 3.63) is 11.8 Å². The zero-order valence-electron chi connectivity index (χ0n) is 15.7. The predicted molar refractivity (Wildman–Crippen MR) is 104 cm³/mol. The fourth-order valence-electron chi connectivity index (χ4n) is 4.30. The third kappa shape index (κ3) is 7.96. The van der Waals surface area contributed by atoms with Crippen molar-refractivity contribution in [2.24, 2.45) is 0 Å². The van der Waals surface area contributed by atoms with E-state index < -0.39 is 8.07 Å². The number of hydrogen-bond donors (Lipinski definition) is 0. The summed E-state index contributed by atoms with van der Waals surface area (Å²) in [5.74, 6) is 0. The van der Waals surface area contributed by atoms with Crippen LogP contribution in [-0.2, 0) is 0 Å². The smallest absolute Gasteiger partial charge is 0.0917 e. The van der Waals surface area contributed by atoms with Crippen molar-refractivity contribution in [3.8, 4) is 0 Å². The van der Waals surface area contributed by atoms with Crippen LogP contribution < -0.4 is 0 Å².